The molecule has 2 rings (SSSR count). The van der Waals surface area contributed by atoms with Crippen molar-refractivity contribution in [2.24, 2.45) is 22.2 Å². The summed E-state index contributed by atoms with van der Waals surface area (Å²) in [6.45, 7) is 14.6. The Morgan fingerprint density at radius 1 is 1.24 bits per heavy atom. The van der Waals surface area contributed by atoms with E-state index in [1.54, 1.807) is 18.2 Å². The van der Waals surface area contributed by atoms with Crippen LogP contribution in [0.25, 0.3) is 0 Å². The highest BCUT2D eigenvalue weighted by Gasteiger charge is 2.63. The van der Waals surface area contributed by atoms with Gasteiger partial charge in [0.05, 0.1) is 10.6 Å². The van der Waals surface area contributed by atoms with E-state index in [2.05, 4.69) is 33.8 Å². The first-order chi connectivity index (χ1) is 11.3. The number of carbonyl (C=O) groups is 1. The molecule has 1 fully saturated rings. The second-order valence-corrected chi connectivity index (χ2v) is 9.73. The molecular formula is C21H28ClNO2. The van der Waals surface area contributed by atoms with Crippen molar-refractivity contribution >= 4 is 17.4 Å². The average Bonchev–Trinajstić information content (AvgIpc) is 2.48. The molecule has 1 aliphatic carbocycles. The van der Waals surface area contributed by atoms with Crippen molar-refractivity contribution < 1.29 is 9.53 Å². The van der Waals surface area contributed by atoms with Crippen molar-refractivity contribution in [2.45, 2.75) is 61.0 Å². The monoisotopic (exact) mass is 361 g/mol. The number of nitriles is 1. The lowest BCUT2D eigenvalue weighted by molar-refractivity contribution is -0.202. The molecule has 0 radical (unpaired) electrons. The van der Waals surface area contributed by atoms with Crippen LogP contribution in [-0.2, 0) is 4.79 Å². The third kappa shape index (κ3) is 3.55. The Balaban J connectivity index is 2.20. The topological polar surface area (TPSA) is 50.1 Å². The first kappa shape index (κ1) is 19.8. The standard InChI is InChI=1S/C21H28ClNO2/c1-19(2,3)17(24)11-16-20(4,5)18(21(16,6)7)25-14-9-8-13(12-23)15(22)10-14/h8-10,16,18H,11H2,1-7H3. The number of hydrogen-bond acceptors (Lipinski definition) is 3. The van der Waals surface area contributed by atoms with Crippen molar-refractivity contribution in [1.29, 1.82) is 5.26 Å². The van der Waals surface area contributed by atoms with E-state index in [9.17, 15) is 4.79 Å². The van der Waals surface area contributed by atoms with E-state index in [-0.39, 0.29) is 28.3 Å². The van der Waals surface area contributed by atoms with Crippen LogP contribution in [0.2, 0.25) is 5.02 Å². The summed E-state index contributed by atoms with van der Waals surface area (Å²) in [6, 6.07) is 7.21. The molecule has 0 aromatic heterocycles. The number of nitrogens with zero attached hydrogens (tertiary/aromatic N) is 1. The maximum atomic E-state index is 12.5. The second-order valence-electron chi connectivity index (χ2n) is 9.32. The minimum atomic E-state index is -0.321. The van der Waals surface area contributed by atoms with Crippen LogP contribution >= 0.6 is 11.6 Å². The lowest BCUT2D eigenvalue weighted by Crippen LogP contribution is -2.66. The molecule has 0 bridgehead atoms. The van der Waals surface area contributed by atoms with Gasteiger partial charge >= 0.3 is 0 Å². The number of halogens is 1. The van der Waals surface area contributed by atoms with Gasteiger partial charge in [0.2, 0.25) is 0 Å². The predicted octanol–water partition coefficient (Wildman–Crippen LogP) is 5.65. The minimum Gasteiger partial charge on any atom is -0.489 e. The summed E-state index contributed by atoms with van der Waals surface area (Å²) in [4.78, 5) is 12.5. The van der Waals surface area contributed by atoms with E-state index in [1.807, 2.05) is 20.8 Å². The normalized spacial score (nSPS) is 24.1. The molecule has 0 spiro atoms. The predicted molar refractivity (Wildman–Crippen MR) is 101 cm³/mol. The smallest absolute Gasteiger partial charge is 0.138 e. The molecule has 136 valence electrons. The quantitative estimate of drug-likeness (QED) is 0.696. The second kappa shape index (κ2) is 6.32. The van der Waals surface area contributed by atoms with E-state index in [4.69, 9.17) is 21.6 Å². The molecule has 0 aliphatic heterocycles. The van der Waals surface area contributed by atoms with Crippen LogP contribution < -0.4 is 4.74 Å². The van der Waals surface area contributed by atoms with Crippen molar-refractivity contribution in [2.75, 3.05) is 0 Å². The summed E-state index contributed by atoms with van der Waals surface area (Å²) in [7, 11) is 0. The van der Waals surface area contributed by atoms with Gasteiger partial charge in [-0.2, -0.15) is 5.26 Å². The fourth-order valence-electron chi connectivity index (χ4n) is 4.30. The van der Waals surface area contributed by atoms with E-state index in [1.165, 1.54) is 0 Å². The molecule has 0 unspecified atom stereocenters. The summed E-state index contributed by atoms with van der Waals surface area (Å²) in [5, 5.41) is 9.39. The Morgan fingerprint density at radius 2 is 1.80 bits per heavy atom. The summed E-state index contributed by atoms with van der Waals surface area (Å²) in [5.74, 6) is 1.21. The highest BCUT2D eigenvalue weighted by atomic mass is 35.5. The van der Waals surface area contributed by atoms with E-state index in [0.717, 1.165) is 0 Å². The first-order valence-corrected chi connectivity index (χ1v) is 9.09. The molecule has 1 aromatic carbocycles. The largest absolute Gasteiger partial charge is 0.489 e. The molecular weight excluding hydrogens is 334 g/mol. The zero-order valence-corrected chi connectivity index (χ0v) is 17.0. The van der Waals surface area contributed by atoms with Gasteiger partial charge in [0.25, 0.3) is 0 Å². The SMILES string of the molecule is CC(C)(C)C(=O)CC1C(C)(C)C(Oc2ccc(C#N)c(Cl)c2)C1(C)C. The van der Waals surface area contributed by atoms with Crippen molar-refractivity contribution in [3.63, 3.8) is 0 Å². The van der Waals surface area contributed by atoms with Crippen LogP contribution in [-0.4, -0.2) is 11.9 Å². The number of ether oxygens (including phenoxy) is 1. The Bertz CT molecular complexity index is 706. The van der Waals surface area contributed by atoms with Crippen molar-refractivity contribution in [1.82, 2.24) is 0 Å². The van der Waals surface area contributed by atoms with Crippen molar-refractivity contribution in [3.05, 3.63) is 28.8 Å². The summed E-state index contributed by atoms with van der Waals surface area (Å²) in [5.41, 5.74) is -0.122. The number of benzene rings is 1. The molecule has 0 saturated heterocycles. The van der Waals surface area contributed by atoms with Crippen LogP contribution in [0.3, 0.4) is 0 Å². The summed E-state index contributed by atoms with van der Waals surface area (Å²) < 4.78 is 6.25. The van der Waals surface area contributed by atoms with Gasteiger partial charge in [-0.3, -0.25) is 4.79 Å². The van der Waals surface area contributed by atoms with Crippen LogP contribution in [0.5, 0.6) is 5.75 Å². The maximum Gasteiger partial charge on any atom is 0.138 e. The van der Waals surface area contributed by atoms with Crippen molar-refractivity contribution in [3.8, 4) is 11.8 Å². The highest BCUT2D eigenvalue weighted by Crippen LogP contribution is 2.62. The Hall–Kier alpha value is -1.53. The number of Topliss-reactive ketones (excluding diaryl/α,β-unsaturated/α-hetero) is 1. The first-order valence-electron chi connectivity index (χ1n) is 8.71. The fourth-order valence-corrected chi connectivity index (χ4v) is 4.52. The van der Waals surface area contributed by atoms with Gasteiger partial charge in [0.15, 0.2) is 0 Å². The maximum absolute atomic E-state index is 12.5. The molecule has 1 saturated carbocycles. The molecule has 3 nitrogen and oxygen atoms in total. The average molecular weight is 362 g/mol. The van der Waals surface area contributed by atoms with Gasteiger partial charge in [0, 0.05) is 28.7 Å². The Morgan fingerprint density at radius 3 is 2.24 bits per heavy atom. The third-order valence-corrected chi connectivity index (χ3v) is 6.00. The van der Waals surface area contributed by atoms with E-state index >= 15 is 0 Å². The zero-order valence-electron chi connectivity index (χ0n) is 16.2. The summed E-state index contributed by atoms with van der Waals surface area (Å²) in [6.07, 6.45) is 0.541. The molecule has 1 aromatic rings. The van der Waals surface area contributed by atoms with Gasteiger partial charge in [-0.15, -0.1) is 0 Å². The Labute approximate surface area is 156 Å². The molecule has 1 aliphatic rings. The van der Waals surface area contributed by atoms with Gasteiger partial charge in [-0.25, -0.2) is 0 Å². The van der Waals surface area contributed by atoms with Crippen LogP contribution in [0, 0.1) is 33.5 Å². The number of ketones is 1. The van der Waals surface area contributed by atoms with E-state index in [0.29, 0.717) is 28.5 Å². The van der Waals surface area contributed by atoms with Crippen LogP contribution in [0.4, 0.5) is 0 Å². The number of rotatable bonds is 4. The molecule has 0 amide bonds. The van der Waals surface area contributed by atoms with Crippen LogP contribution in [0.15, 0.2) is 18.2 Å². The zero-order chi connectivity index (χ0) is 19.2. The highest BCUT2D eigenvalue weighted by molar-refractivity contribution is 6.31. The Kier molecular flexibility index (Phi) is 5.01. The molecule has 0 heterocycles. The van der Waals surface area contributed by atoms with Gasteiger partial charge in [-0.1, -0.05) is 60.1 Å². The minimum absolute atomic E-state index is 0.0261. The lowest BCUT2D eigenvalue weighted by Gasteiger charge is -2.63. The molecule has 25 heavy (non-hydrogen) atoms. The molecule has 4 heteroatoms. The summed E-state index contributed by atoms with van der Waals surface area (Å²) >= 11 is 6.12. The lowest BCUT2D eigenvalue weighted by atomic mass is 9.44. The van der Waals surface area contributed by atoms with Crippen LogP contribution in [0.1, 0.15) is 60.5 Å². The van der Waals surface area contributed by atoms with Gasteiger partial charge in [0.1, 0.15) is 23.7 Å². The van der Waals surface area contributed by atoms with Gasteiger partial charge in [-0.05, 0) is 18.1 Å². The fraction of sp³-hybridized carbons (Fsp3) is 0.619. The third-order valence-electron chi connectivity index (χ3n) is 5.69. The van der Waals surface area contributed by atoms with Gasteiger partial charge < -0.3 is 4.74 Å². The number of hydrogen-bond donors (Lipinski definition) is 0. The molecule has 0 atom stereocenters. The molecule has 0 N–H and O–H groups in total. The van der Waals surface area contributed by atoms with E-state index < -0.39 is 0 Å². The number of carbonyl (C=O) groups excluding carboxylic acids is 1.